The topological polar surface area (TPSA) is 72.2 Å². The largest absolute Gasteiger partial charge is 0.453 e. The number of nitrogens with zero attached hydrogens (tertiary/aromatic N) is 4. The molecule has 3 rings (SSSR count). The van der Waals surface area contributed by atoms with Crippen LogP contribution in [0.1, 0.15) is 34.8 Å². The van der Waals surface area contributed by atoms with Gasteiger partial charge in [-0.15, -0.1) is 5.10 Å². The van der Waals surface area contributed by atoms with Crippen LogP contribution in [0.2, 0.25) is 0 Å². The van der Waals surface area contributed by atoms with E-state index in [4.69, 9.17) is 0 Å². The third kappa shape index (κ3) is 3.95. The van der Waals surface area contributed by atoms with Crippen LogP contribution >= 0.6 is 0 Å². The normalized spacial score (nSPS) is 11.8. The molecule has 0 aliphatic carbocycles. The number of nitrogens with one attached hydrogen (secondary N) is 1. The Bertz CT molecular complexity index is 1060. The van der Waals surface area contributed by atoms with Gasteiger partial charge >= 0.3 is 6.18 Å². The molecule has 1 N–H and O–H groups in total. The molecule has 3 aromatic rings. The summed E-state index contributed by atoms with van der Waals surface area (Å²) in [7, 11) is 0. The van der Waals surface area contributed by atoms with Crippen LogP contribution in [0.5, 0.6) is 0 Å². The van der Waals surface area contributed by atoms with Crippen LogP contribution in [0.25, 0.3) is 5.78 Å². The fourth-order valence-corrected chi connectivity index (χ4v) is 2.82. The molecule has 0 unspecified atom stereocenters. The number of benzene rings is 1. The molecule has 10 heteroatoms. The van der Waals surface area contributed by atoms with Crippen molar-refractivity contribution in [3.05, 3.63) is 52.4 Å². The number of halogens is 4. The summed E-state index contributed by atoms with van der Waals surface area (Å²) in [6, 6.07) is 4.37. The first-order valence-corrected chi connectivity index (χ1v) is 8.42. The number of alkyl halides is 3. The van der Waals surface area contributed by atoms with Gasteiger partial charge in [-0.2, -0.15) is 18.2 Å². The number of hydrogen-bond acceptors (Lipinski definition) is 4. The molecule has 0 aliphatic rings. The third-order valence-corrected chi connectivity index (χ3v) is 4.36. The summed E-state index contributed by atoms with van der Waals surface area (Å²) in [5, 5.41) is 6.07. The van der Waals surface area contributed by atoms with Crippen LogP contribution in [0, 0.1) is 26.6 Å². The molecule has 0 saturated carbocycles. The Morgan fingerprint density at radius 3 is 2.54 bits per heavy atom. The van der Waals surface area contributed by atoms with Crippen molar-refractivity contribution >= 4 is 17.4 Å². The molecule has 6 nitrogen and oxygen atoms in total. The maximum absolute atomic E-state index is 13.6. The average molecular weight is 395 g/mol. The van der Waals surface area contributed by atoms with Crippen LogP contribution < -0.4 is 5.32 Å². The van der Waals surface area contributed by atoms with E-state index in [1.165, 1.54) is 6.07 Å². The van der Waals surface area contributed by atoms with Gasteiger partial charge in [0.25, 0.3) is 11.6 Å². The van der Waals surface area contributed by atoms with Crippen LogP contribution in [0.4, 0.5) is 23.2 Å². The third-order valence-electron chi connectivity index (χ3n) is 4.36. The summed E-state index contributed by atoms with van der Waals surface area (Å²) in [5.74, 6) is -2.19. The molecule has 0 fully saturated rings. The lowest BCUT2D eigenvalue weighted by Gasteiger charge is -2.11. The summed E-state index contributed by atoms with van der Waals surface area (Å²) in [5.41, 5.74) is 2.31. The lowest BCUT2D eigenvalue weighted by Crippen LogP contribution is -2.14. The van der Waals surface area contributed by atoms with Gasteiger partial charge in [0.2, 0.25) is 5.91 Å². The molecule has 0 aliphatic heterocycles. The highest BCUT2D eigenvalue weighted by atomic mass is 19.4. The van der Waals surface area contributed by atoms with Crippen molar-refractivity contribution in [1.82, 2.24) is 19.6 Å². The number of aryl methyl sites for hydroxylation is 3. The predicted octanol–water partition coefficient (Wildman–Crippen LogP) is 3.78. The number of hydrogen-bond donors (Lipinski definition) is 1. The zero-order valence-corrected chi connectivity index (χ0v) is 15.4. The minimum Gasteiger partial charge on any atom is -0.326 e. The summed E-state index contributed by atoms with van der Waals surface area (Å²) < 4.78 is 53.1. The number of aromatic nitrogens is 4. The molecular formula is C18H17F4N5O. The number of carbonyl (C=O) groups is 1. The number of fused-ring (bicyclic) bond motifs is 1. The molecule has 2 aromatic heterocycles. The molecular weight excluding hydrogens is 378 g/mol. The Morgan fingerprint density at radius 2 is 1.89 bits per heavy atom. The van der Waals surface area contributed by atoms with E-state index in [2.05, 4.69) is 20.4 Å². The van der Waals surface area contributed by atoms with Gasteiger partial charge in [-0.1, -0.05) is 6.07 Å². The van der Waals surface area contributed by atoms with Gasteiger partial charge in [0.1, 0.15) is 5.82 Å². The first-order valence-electron chi connectivity index (χ1n) is 8.42. The summed E-state index contributed by atoms with van der Waals surface area (Å²) >= 11 is 0. The minimum atomic E-state index is -4.67. The molecule has 0 saturated heterocycles. The van der Waals surface area contributed by atoms with Crippen molar-refractivity contribution in [2.75, 3.05) is 5.32 Å². The second kappa shape index (κ2) is 7.17. The Kier molecular flexibility index (Phi) is 5.05. The smallest absolute Gasteiger partial charge is 0.326 e. The van der Waals surface area contributed by atoms with Crippen molar-refractivity contribution in [2.45, 2.75) is 39.8 Å². The zero-order chi connectivity index (χ0) is 20.6. The fraction of sp³-hybridized carbons (Fsp3) is 0.333. The van der Waals surface area contributed by atoms with Crippen LogP contribution in [0.3, 0.4) is 0 Å². The van der Waals surface area contributed by atoms with Gasteiger partial charge < -0.3 is 5.32 Å². The van der Waals surface area contributed by atoms with Crippen LogP contribution in [-0.4, -0.2) is 25.5 Å². The predicted molar refractivity (Wildman–Crippen MR) is 93.3 cm³/mol. The Morgan fingerprint density at radius 1 is 1.18 bits per heavy atom. The molecule has 1 aromatic carbocycles. The minimum absolute atomic E-state index is 0.0468. The number of carbonyl (C=O) groups excluding carboxylic acids is 1. The van der Waals surface area contributed by atoms with Crippen molar-refractivity contribution in [3.8, 4) is 0 Å². The van der Waals surface area contributed by atoms with E-state index in [-0.39, 0.29) is 24.5 Å². The van der Waals surface area contributed by atoms with E-state index < -0.39 is 17.8 Å². The molecule has 0 radical (unpaired) electrons. The molecule has 28 heavy (non-hydrogen) atoms. The molecule has 148 valence electrons. The molecule has 2 heterocycles. The molecule has 0 bridgehead atoms. The van der Waals surface area contributed by atoms with Crippen molar-refractivity contribution in [3.63, 3.8) is 0 Å². The first kappa shape index (κ1) is 19.7. The number of rotatable bonds is 4. The Hall–Kier alpha value is -3.04. The highest BCUT2D eigenvalue weighted by molar-refractivity contribution is 5.90. The van der Waals surface area contributed by atoms with E-state index >= 15 is 0 Å². The monoisotopic (exact) mass is 395 g/mol. The van der Waals surface area contributed by atoms with E-state index in [0.29, 0.717) is 28.2 Å². The quantitative estimate of drug-likeness (QED) is 0.683. The summed E-state index contributed by atoms with van der Waals surface area (Å²) in [6.45, 7) is 4.85. The standard InChI is InChI=1S/C18H17F4N5O/c1-9-4-5-12(8-14(9)19)24-15(28)7-6-13-10(2)23-17-25-16(18(20,21)22)26-27(17)11(13)3/h4-5,8H,6-7H2,1-3H3,(H,24,28). The van der Waals surface area contributed by atoms with Crippen LogP contribution in [-0.2, 0) is 17.4 Å². The van der Waals surface area contributed by atoms with E-state index in [0.717, 1.165) is 4.52 Å². The van der Waals surface area contributed by atoms with E-state index in [9.17, 15) is 22.4 Å². The summed E-state index contributed by atoms with van der Waals surface area (Å²) in [6.07, 6.45) is -4.38. The molecule has 1 amide bonds. The summed E-state index contributed by atoms with van der Waals surface area (Å²) in [4.78, 5) is 19.6. The van der Waals surface area contributed by atoms with Crippen molar-refractivity contribution < 1.29 is 22.4 Å². The van der Waals surface area contributed by atoms with Crippen LogP contribution in [0.15, 0.2) is 18.2 Å². The Labute approximate surface area is 157 Å². The van der Waals surface area contributed by atoms with E-state index in [1.54, 1.807) is 32.9 Å². The fourth-order valence-electron chi connectivity index (χ4n) is 2.82. The second-order valence-electron chi connectivity index (χ2n) is 6.42. The van der Waals surface area contributed by atoms with Gasteiger partial charge in [0.05, 0.1) is 0 Å². The lowest BCUT2D eigenvalue weighted by atomic mass is 10.1. The van der Waals surface area contributed by atoms with Gasteiger partial charge in [-0.25, -0.2) is 13.9 Å². The lowest BCUT2D eigenvalue weighted by molar-refractivity contribution is -0.144. The van der Waals surface area contributed by atoms with Crippen molar-refractivity contribution in [2.24, 2.45) is 0 Å². The molecule has 0 atom stereocenters. The Balaban J connectivity index is 1.78. The van der Waals surface area contributed by atoms with Gasteiger partial charge in [-0.05, 0) is 50.5 Å². The zero-order valence-electron chi connectivity index (χ0n) is 15.4. The van der Waals surface area contributed by atoms with Gasteiger partial charge in [-0.3, -0.25) is 4.79 Å². The molecule has 0 spiro atoms. The average Bonchev–Trinajstić information content (AvgIpc) is 3.02. The van der Waals surface area contributed by atoms with Gasteiger partial charge in [0.15, 0.2) is 0 Å². The maximum Gasteiger partial charge on any atom is 0.453 e. The highest BCUT2D eigenvalue weighted by Gasteiger charge is 2.36. The van der Waals surface area contributed by atoms with E-state index in [1.807, 2.05) is 0 Å². The number of amides is 1. The first-order chi connectivity index (χ1) is 13.1. The SMILES string of the molecule is Cc1ccc(NC(=O)CCc2c(C)nc3nc(C(F)(F)F)nn3c2C)cc1F. The maximum atomic E-state index is 13.6. The second-order valence-corrected chi connectivity index (χ2v) is 6.42. The highest BCUT2D eigenvalue weighted by Crippen LogP contribution is 2.27. The number of anilines is 1. The van der Waals surface area contributed by atoms with Gasteiger partial charge in [0, 0.05) is 23.5 Å². The van der Waals surface area contributed by atoms with Crippen molar-refractivity contribution in [1.29, 1.82) is 0 Å².